The molecule has 178 valence electrons. The number of rotatable bonds is 6. The molecule has 2 saturated carbocycles. The Balaban J connectivity index is 1.52. The van der Waals surface area contributed by atoms with Crippen molar-refractivity contribution >= 4 is 11.6 Å². The van der Waals surface area contributed by atoms with Crippen molar-refractivity contribution < 1.29 is 19.8 Å². The first-order valence-corrected chi connectivity index (χ1v) is 11.6. The molecule has 8 nitrogen and oxygen atoms in total. The van der Waals surface area contributed by atoms with E-state index in [0.717, 1.165) is 36.1 Å². The number of amides is 1. The first kappa shape index (κ1) is 23.6. The predicted octanol–water partition coefficient (Wildman–Crippen LogP) is 1.96. The maximum Gasteiger partial charge on any atom is 0.325 e. The van der Waals surface area contributed by atoms with Crippen molar-refractivity contribution in [3.05, 3.63) is 64.9 Å². The Morgan fingerprint density at radius 1 is 1.26 bits per heavy atom. The molecule has 3 aliphatic carbocycles. The molecule has 0 spiro atoms. The van der Waals surface area contributed by atoms with Gasteiger partial charge in [0, 0.05) is 54.7 Å². The number of nitrogens with one attached hydrogen (secondary N) is 3. The molecule has 0 unspecified atom stereocenters. The van der Waals surface area contributed by atoms with Gasteiger partial charge in [-0.05, 0) is 56.7 Å². The van der Waals surface area contributed by atoms with Crippen molar-refractivity contribution in [1.29, 1.82) is 5.41 Å². The zero-order chi connectivity index (χ0) is 24.5. The van der Waals surface area contributed by atoms with Crippen molar-refractivity contribution in [2.75, 3.05) is 14.1 Å². The number of carbonyl (C=O) groups is 1. The molecule has 0 saturated heterocycles. The van der Waals surface area contributed by atoms with Crippen LogP contribution in [0.1, 0.15) is 60.6 Å². The van der Waals surface area contributed by atoms with E-state index in [9.17, 15) is 15.1 Å². The number of aromatic nitrogens is 1. The van der Waals surface area contributed by atoms with Crippen LogP contribution >= 0.6 is 0 Å². The molecular formula is C26H32N5O3+. The molecule has 0 aliphatic heterocycles. The third-order valence-corrected chi connectivity index (χ3v) is 6.68. The highest BCUT2D eigenvalue weighted by atomic mass is 16.5. The maximum atomic E-state index is 13.1. The fourth-order valence-electron chi connectivity index (χ4n) is 4.37. The molecule has 1 amide bonds. The van der Waals surface area contributed by atoms with E-state index in [1.165, 1.54) is 0 Å². The zero-order valence-corrected chi connectivity index (χ0v) is 19.6. The van der Waals surface area contributed by atoms with E-state index in [-0.39, 0.29) is 11.7 Å². The number of pyridine rings is 1. The highest BCUT2D eigenvalue weighted by Crippen LogP contribution is 2.38. The smallest absolute Gasteiger partial charge is 0.325 e. The molecule has 2 fully saturated rings. The van der Waals surface area contributed by atoms with Crippen LogP contribution in [0.15, 0.2) is 53.5 Å². The summed E-state index contributed by atoms with van der Waals surface area (Å²) in [7, 11) is 3.70. The molecule has 34 heavy (non-hydrogen) atoms. The highest BCUT2D eigenvalue weighted by Gasteiger charge is 2.36. The lowest BCUT2D eigenvalue weighted by atomic mass is 9.83. The molecule has 3 aliphatic rings. The lowest BCUT2D eigenvalue weighted by molar-refractivity contribution is -0.910. The molecule has 1 aromatic rings. The Bertz CT molecular complexity index is 1130. The average molecular weight is 463 g/mol. The number of allylic oxidation sites excluding steroid dienone is 3. The van der Waals surface area contributed by atoms with E-state index in [2.05, 4.69) is 16.6 Å². The van der Waals surface area contributed by atoms with Crippen LogP contribution in [-0.2, 0) is 0 Å². The van der Waals surface area contributed by atoms with E-state index < -0.39 is 11.5 Å². The van der Waals surface area contributed by atoms with E-state index in [0.29, 0.717) is 41.4 Å². The standard InChI is InChI=1S/C26H31N5O3/c1-4-26(33)12-10-19(11-13-26)28-16-18-14-21(24(30(2)3)15-20(18)27)29-25(32)23-7-5-6-22(31(23)34)17-8-9-17/h1,5-7,14-17,19,27,32-34H,8-13H2,2-3H3/p+1/t19-,26-. The van der Waals surface area contributed by atoms with Gasteiger partial charge in [-0.1, -0.05) is 5.92 Å². The number of terminal acetylenes is 1. The van der Waals surface area contributed by atoms with E-state index >= 15 is 0 Å². The van der Waals surface area contributed by atoms with Gasteiger partial charge in [-0.2, -0.15) is 0 Å². The molecule has 0 atom stereocenters. The third kappa shape index (κ3) is 5.00. The van der Waals surface area contributed by atoms with Crippen LogP contribution in [0.25, 0.3) is 0 Å². The van der Waals surface area contributed by atoms with E-state index in [1.807, 2.05) is 25.1 Å². The van der Waals surface area contributed by atoms with Gasteiger partial charge in [0.1, 0.15) is 5.60 Å². The minimum Gasteiger partial charge on any atom is -0.388 e. The van der Waals surface area contributed by atoms with Crippen LogP contribution < -0.4 is 15.4 Å². The number of hydrogen-bond acceptors (Lipinski definition) is 6. The van der Waals surface area contributed by atoms with Crippen molar-refractivity contribution in [2.45, 2.75) is 56.1 Å². The number of nitrogens with zero attached hydrogens (tertiary/aromatic N) is 2. The van der Waals surface area contributed by atoms with Crippen LogP contribution in [0.3, 0.4) is 0 Å². The van der Waals surface area contributed by atoms with Gasteiger partial charge >= 0.3 is 11.6 Å². The molecule has 1 heterocycles. The largest absolute Gasteiger partial charge is 0.388 e. The number of likely N-dealkylation sites (N-methyl/N-ethyl adjacent to an activating group) is 1. The summed E-state index contributed by atoms with van der Waals surface area (Å²) >= 11 is 0. The first-order chi connectivity index (χ1) is 16.2. The van der Waals surface area contributed by atoms with Crippen LogP contribution in [0.4, 0.5) is 0 Å². The summed E-state index contributed by atoms with van der Waals surface area (Å²) in [4.78, 5) is 14.9. The van der Waals surface area contributed by atoms with Crippen molar-refractivity contribution in [2.24, 2.45) is 0 Å². The van der Waals surface area contributed by atoms with Gasteiger partial charge < -0.3 is 26.0 Å². The Morgan fingerprint density at radius 3 is 2.59 bits per heavy atom. The molecule has 0 radical (unpaired) electrons. The second kappa shape index (κ2) is 9.35. The fourth-order valence-corrected chi connectivity index (χ4v) is 4.37. The maximum absolute atomic E-state index is 13.1. The lowest BCUT2D eigenvalue weighted by Gasteiger charge is -2.32. The summed E-state index contributed by atoms with van der Waals surface area (Å²) in [5.41, 5.74) is 2.06. The molecule has 8 heteroatoms. The summed E-state index contributed by atoms with van der Waals surface area (Å²) < 4.78 is 0.982. The normalized spacial score (nSPS) is 25.8. The number of carbonyl (C=O) groups excluding carboxylic acids is 1. The molecule has 0 aromatic carbocycles. The summed E-state index contributed by atoms with van der Waals surface area (Å²) in [5.74, 6) is 2.35. The lowest BCUT2D eigenvalue weighted by Crippen LogP contribution is -2.45. The summed E-state index contributed by atoms with van der Waals surface area (Å²) in [6, 6.07) is 5.36. The SMILES string of the molecule is C#C[C@]1(O)CC[C@H](N/C=C2/C=C(NC(=O)c3cccc(C4CC4)[n+]3O)C(N(C)C)=CC2=N)CC1. The van der Waals surface area contributed by atoms with Crippen LogP contribution in [0.5, 0.6) is 0 Å². The molecular weight excluding hydrogens is 430 g/mol. The Hall–Kier alpha value is -3.57. The second-order valence-corrected chi connectivity index (χ2v) is 9.49. The summed E-state index contributed by atoms with van der Waals surface area (Å²) in [6.45, 7) is 0. The average Bonchev–Trinajstić information content (AvgIpc) is 3.65. The van der Waals surface area contributed by atoms with Gasteiger partial charge in [-0.3, -0.25) is 10.0 Å². The van der Waals surface area contributed by atoms with Crippen LogP contribution in [0, 0.1) is 17.8 Å². The summed E-state index contributed by atoms with van der Waals surface area (Å²) in [5, 5.41) is 35.5. The van der Waals surface area contributed by atoms with Gasteiger partial charge in [-0.25, -0.2) is 0 Å². The quantitative estimate of drug-likeness (QED) is 0.252. The minimum absolute atomic E-state index is 0.151. The van der Waals surface area contributed by atoms with Crippen molar-refractivity contribution in [3.63, 3.8) is 0 Å². The minimum atomic E-state index is -1.02. The third-order valence-electron chi connectivity index (χ3n) is 6.68. The second-order valence-electron chi connectivity index (χ2n) is 9.49. The molecule has 4 rings (SSSR count). The monoisotopic (exact) mass is 462 g/mol. The first-order valence-electron chi connectivity index (χ1n) is 11.6. The Morgan fingerprint density at radius 2 is 1.97 bits per heavy atom. The van der Waals surface area contributed by atoms with Crippen molar-refractivity contribution in [1.82, 2.24) is 15.5 Å². The molecule has 0 bridgehead atoms. The van der Waals surface area contributed by atoms with Crippen molar-refractivity contribution in [3.8, 4) is 12.3 Å². The molecule has 5 N–H and O–H groups in total. The number of hydrogen-bond donors (Lipinski definition) is 5. The van der Waals surface area contributed by atoms with Gasteiger partial charge in [0.05, 0.1) is 17.1 Å². The summed E-state index contributed by atoms with van der Waals surface area (Å²) in [6.07, 6.45) is 15.2. The molecule has 1 aromatic heterocycles. The van der Waals surface area contributed by atoms with E-state index in [4.69, 9.17) is 11.8 Å². The van der Waals surface area contributed by atoms with E-state index in [1.54, 1.807) is 30.5 Å². The zero-order valence-electron chi connectivity index (χ0n) is 19.6. The highest BCUT2D eigenvalue weighted by molar-refractivity contribution is 6.10. The Labute approximate surface area is 200 Å². The number of aliphatic hydroxyl groups is 1. The van der Waals surface area contributed by atoms with Gasteiger partial charge in [0.2, 0.25) is 5.69 Å². The fraction of sp³-hybridized carbons (Fsp3) is 0.423. The van der Waals surface area contributed by atoms with Gasteiger partial charge in [0.15, 0.2) is 0 Å². The topological polar surface area (TPSA) is 113 Å². The van der Waals surface area contributed by atoms with Crippen LogP contribution in [-0.4, -0.2) is 52.6 Å². The van der Waals surface area contributed by atoms with Crippen LogP contribution in [0.2, 0.25) is 0 Å². The van der Waals surface area contributed by atoms with Gasteiger partial charge in [0.25, 0.3) is 0 Å². The predicted molar refractivity (Wildman–Crippen MR) is 128 cm³/mol. The Kier molecular flexibility index (Phi) is 6.49. The van der Waals surface area contributed by atoms with Gasteiger partial charge in [-0.15, -0.1) is 6.42 Å².